The Balaban J connectivity index is 0.911. The van der Waals surface area contributed by atoms with Crippen molar-refractivity contribution in [2.75, 3.05) is 0 Å². The van der Waals surface area contributed by atoms with Crippen LogP contribution in [0.15, 0.2) is 224 Å². The van der Waals surface area contributed by atoms with Crippen LogP contribution < -0.4 is 0 Å². The fourth-order valence-corrected chi connectivity index (χ4v) is 8.78. The molecule has 0 radical (unpaired) electrons. The quantitative estimate of drug-likeness (QED) is 0.113. The van der Waals surface area contributed by atoms with Gasteiger partial charge in [0, 0.05) is 16.7 Å². The molecule has 0 fully saturated rings. The van der Waals surface area contributed by atoms with Gasteiger partial charge in [-0.05, 0) is 101 Å². The lowest BCUT2D eigenvalue weighted by molar-refractivity contribution is 1.07. The number of rotatable bonds is 8. The molecule has 0 aliphatic rings. The van der Waals surface area contributed by atoms with Crippen molar-refractivity contribution in [2.24, 2.45) is 0 Å². The summed E-state index contributed by atoms with van der Waals surface area (Å²) < 4.78 is 0. The highest BCUT2D eigenvalue weighted by molar-refractivity contribution is 6.08. The molecule has 0 saturated heterocycles. The molecule has 10 aromatic carbocycles. The fourth-order valence-electron chi connectivity index (χ4n) is 8.78. The highest BCUT2D eigenvalue weighted by Gasteiger charge is 2.16. The van der Waals surface area contributed by atoms with Gasteiger partial charge in [-0.15, -0.1) is 0 Å². The molecule has 0 aliphatic carbocycles. The van der Waals surface area contributed by atoms with Crippen molar-refractivity contribution in [2.45, 2.75) is 0 Å². The van der Waals surface area contributed by atoms with E-state index in [2.05, 4.69) is 126 Å². The Bertz CT molecular complexity index is 3710. The number of fused-ring (bicyclic) bond motifs is 3. The van der Waals surface area contributed by atoms with Gasteiger partial charge in [0.05, 0.1) is 18.2 Å². The van der Waals surface area contributed by atoms with Crippen LogP contribution in [0.4, 0.5) is 5.69 Å². The Morgan fingerprint density at radius 2 is 0.803 bits per heavy atom. The van der Waals surface area contributed by atoms with Crippen LogP contribution in [0.5, 0.6) is 0 Å². The smallest absolute Gasteiger partial charge is 0.194 e. The minimum Gasteiger partial charge on any atom is -0.238 e. The molecule has 11 rings (SSSR count). The average Bonchev–Trinajstić information content (AvgIpc) is 3.40. The molecule has 1 aromatic heterocycles. The van der Waals surface area contributed by atoms with E-state index in [0.717, 1.165) is 72.3 Å². The van der Waals surface area contributed by atoms with Gasteiger partial charge >= 0.3 is 0 Å². The summed E-state index contributed by atoms with van der Waals surface area (Å²) in [6.07, 6.45) is 0. The number of hydrogen-bond acceptors (Lipinski definition) is 4. The molecule has 0 atom stereocenters. The highest BCUT2D eigenvalue weighted by Crippen LogP contribution is 2.39. The van der Waals surface area contributed by atoms with Gasteiger partial charge in [-0.2, -0.15) is 5.26 Å². The molecule has 306 valence electrons. The van der Waals surface area contributed by atoms with E-state index in [4.69, 9.17) is 21.5 Å². The molecule has 0 saturated carbocycles. The lowest BCUT2D eigenvalue weighted by Crippen LogP contribution is -2.00. The summed E-state index contributed by atoms with van der Waals surface area (Å²) in [7, 11) is 0. The Kier molecular flexibility index (Phi) is 10.3. The van der Waals surface area contributed by atoms with Crippen LogP contribution >= 0.6 is 0 Å². The minimum absolute atomic E-state index is 0.485. The zero-order valence-corrected chi connectivity index (χ0v) is 35.6. The maximum atomic E-state index is 10.2. The van der Waals surface area contributed by atoms with Crippen LogP contribution in [0.25, 0.3) is 116 Å². The van der Waals surface area contributed by atoms with Gasteiger partial charge in [-0.3, -0.25) is 0 Å². The third-order valence-corrected chi connectivity index (χ3v) is 12.2. The number of nitriles is 1. The largest absolute Gasteiger partial charge is 0.238 e. The first-order chi connectivity index (χ1) is 32.6. The average molecular weight is 840 g/mol. The van der Waals surface area contributed by atoms with Gasteiger partial charge in [0.15, 0.2) is 23.2 Å². The van der Waals surface area contributed by atoms with Crippen LogP contribution in [0.3, 0.4) is 0 Å². The van der Waals surface area contributed by atoms with Crippen LogP contribution in [-0.2, 0) is 0 Å². The van der Waals surface area contributed by atoms with E-state index in [1.165, 1.54) is 21.5 Å². The third kappa shape index (κ3) is 7.64. The molecule has 1 heterocycles. The van der Waals surface area contributed by atoms with E-state index < -0.39 is 0 Å². The second kappa shape index (κ2) is 17.1. The van der Waals surface area contributed by atoms with Crippen molar-refractivity contribution in [1.82, 2.24) is 15.0 Å². The van der Waals surface area contributed by atoms with Crippen molar-refractivity contribution in [3.05, 3.63) is 241 Å². The monoisotopic (exact) mass is 839 g/mol. The van der Waals surface area contributed by atoms with Gasteiger partial charge in [0.25, 0.3) is 0 Å². The standard InChI is InChI=1S/C61H37N5/c1-63-58-33-31-50(48-19-10-18-47(34-48)49-29-26-43-25-24-42-14-8-9-21-55(42)56(43)37-49)38-57(58)51-20-11-17-46(35-51)40-22-27-45(28-23-40)60-64-59(44-15-6-3-7-16-44)65-61(66-60)52-30-32-54(53(36-52)39-62)41-12-4-2-5-13-41/h2-38H. The lowest BCUT2D eigenvalue weighted by Gasteiger charge is -2.12. The minimum atomic E-state index is 0.485. The first-order valence-corrected chi connectivity index (χ1v) is 21.8. The Labute approximate surface area is 383 Å². The second-order valence-electron chi connectivity index (χ2n) is 16.2. The maximum absolute atomic E-state index is 10.2. The van der Waals surface area contributed by atoms with Crippen molar-refractivity contribution < 1.29 is 0 Å². The van der Waals surface area contributed by atoms with E-state index in [9.17, 15) is 5.26 Å². The number of aromatic nitrogens is 3. The van der Waals surface area contributed by atoms with Gasteiger partial charge in [0.2, 0.25) is 0 Å². The second-order valence-corrected chi connectivity index (χ2v) is 16.2. The maximum Gasteiger partial charge on any atom is 0.194 e. The predicted molar refractivity (Wildman–Crippen MR) is 269 cm³/mol. The fraction of sp³-hybridized carbons (Fsp3) is 0. The van der Waals surface area contributed by atoms with Gasteiger partial charge in [-0.1, -0.05) is 200 Å². The van der Waals surface area contributed by atoms with E-state index in [1.54, 1.807) is 0 Å². The molecule has 66 heavy (non-hydrogen) atoms. The first kappa shape index (κ1) is 39.5. The van der Waals surface area contributed by atoms with Crippen LogP contribution in [0.2, 0.25) is 0 Å². The molecule has 0 amide bonds. The van der Waals surface area contributed by atoms with Gasteiger partial charge < -0.3 is 0 Å². The molecule has 5 nitrogen and oxygen atoms in total. The molecule has 5 heteroatoms. The summed E-state index contributed by atoms with van der Waals surface area (Å²) in [5, 5.41) is 15.1. The summed E-state index contributed by atoms with van der Waals surface area (Å²) in [4.78, 5) is 18.8. The molecular formula is C61H37N5. The van der Waals surface area contributed by atoms with Crippen molar-refractivity contribution in [3.63, 3.8) is 0 Å². The summed E-state index contributed by atoms with van der Waals surface area (Å²) in [5.74, 6) is 1.56. The molecule has 0 spiro atoms. The third-order valence-electron chi connectivity index (χ3n) is 12.2. The van der Waals surface area contributed by atoms with Gasteiger partial charge in [0.1, 0.15) is 0 Å². The van der Waals surface area contributed by atoms with Gasteiger partial charge in [-0.25, -0.2) is 19.8 Å². The Morgan fingerprint density at radius 1 is 0.333 bits per heavy atom. The molecule has 0 bridgehead atoms. The van der Waals surface area contributed by atoms with E-state index in [1.807, 2.05) is 109 Å². The molecule has 0 N–H and O–H groups in total. The normalized spacial score (nSPS) is 11.0. The number of hydrogen-bond donors (Lipinski definition) is 0. The van der Waals surface area contributed by atoms with Crippen LogP contribution in [0, 0.1) is 17.9 Å². The lowest BCUT2D eigenvalue weighted by atomic mass is 9.93. The van der Waals surface area contributed by atoms with Crippen molar-refractivity contribution in [1.29, 1.82) is 5.26 Å². The number of nitrogens with zero attached hydrogens (tertiary/aromatic N) is 5. The summed E-state index contributed by atoms with van der Waals surface area (Å²) in [6, 6.07) is 78.9. The zero-order chi connectivity index (χ0) is 44.4. The topological polar surface area (TPSA) is 66.8 Å². The van der Waals surface area contributed by atoms with E-state index in [-0.39, 0.29) is 0 Å². The highest BCUT2D eigenvalue weighted by atomic mass is 15.0. The number of benzene rings is 10. The summed E-state index contributed by atoms with van der Waals surface area (Å²) in [6.45, 7) is 8.10. The van der Waals surface area contributed by atoms with Crippen LogP contribution in [-0.4, -0.2) is 15.0 Å². The van der Waals surface area contributed by atoms with Crippen LogP contribution in [0.1, 0.15) is 5.56 Å². The van der Waals surface area contributed by atoms with E-state index in [0.29, 0.717) is 28.7 Å². The SMILES string of the molecule is [C-]#[N+]c1ccc(-c2cccc(-c3ccc4ccc5ccccc5c4c3)c2)cc1-c1cccc(-c2ccc(-c3nc(-c4ccccc4)nc(-c4ccc(-c5ccccc5)c(C#N)c4)n3)cc2)c1. The zero-order valence-electron chi connectivity index (χ0n) is 35.6. The Hall–Kier alpha value is -9.29. The molecule has 0 aliphatic heterocycles. The molecule has 0 unspecified atom stereocenters. The molecular weight excluding hydrogens is 803 g/mol. The van der Waals surface area contributed by atoms with Crippen molar-refractivity contribution in [3.8, 4) is 95.9 Å². The predicted octanol–water partition coefficient (Wildman–Crippen LogP) is 15.9. The van der Waals surface area contributed by atoms with E-state index >= 15 is 0 Å². The summed E-state index contributed by atoms with van der Waals surface area (Å²) in [5.41, 5.74) is 13.7. The molecule has 11 aromatic rings. The van der Waals surface area contributed by atoms with Crippen molar-refractivity contribution >= 4 is 27.2 Å². The summed E-state index contributed by atoms with van der Waals surface area (Å²) >= 11 is 0. The first-order valence-electron chi connectivity index (χ1n) is 21.8. The Morgan fingerprint density at radius 3 is 1.50 bits per heavy atom.